The maximum atomic E-state index is 6.00. The van der Waals surface area contributed by atoms with Crippen molar-refractivity contribution in [2.45, 2.75) is 19.6 Å². The van der Waals surface area contributed by atoms with E-state index in [2.05, 4.69) is 69.1 Å². The molecule has 1 saturated heterocycles. The van der Waals surface area contributed by atoms with Gasteiger partial charge in [-0.3, -0.25) is 14.5 Å². The monoisotopic (exact) mass is 380 g/mol. The summed E-state index contributed by atoms with van der Waals surface area (Å²) in [5, 5.41) is 5.35. The topological polar surface area (TPSA) is 24.3 Å². The van der Waals surface area contributed by atoms with Gasteiger partial charge < -0.3 is 0 Å². The van der Waals surface area contributed by atoms with Crippen LogP contribution in [0.25, 0.3) is 0 Å². The summed E-state index contributed by atoms with van der Waals surface area (Å²) < 4.78 is 2.08. The summed E-state index contributed by atoms with van der Waals surface area (Å²) in [6, 6.07) is 18.8. The SMILES string of the molecule is Cc1ccccc1C(N1CCN(Cc2ccc(Cl)cc2)CC1)n1cccn1. The predicted molar refractivity (Wildman–Crippen MR) is 110 cm³/mol. The van der Waals surface area contributed by atoms with E-state index in [-0.39, 0.29) is 6.17 Å². The fourth-order valence-electron chi connectivity index (χ4n) is 3.82. The van der Waals surface area contributed by atoms with E-state index in [1.54, 1.807) is 0 Å². The Labute approximate surface area is 166 Å². The van der Waals surface area contributed by atoms with Crippen LogP contribution in [-0.4, -0.2) is 45.8 Å². The molecule has 0 radical (unpaired) electrons. The lowest BCUT2D eigenvalue weighted by molar-refractivity contribution is 0.0739. The second-order valence-corrected chi connectivity index (χ2v) is 7.59. The largest absolute Gasteiger partial charge is 0.297 e. The molecule has 2 heterocycles. The van der Waals surface area contributed by atoms with Crippen molar-refractivity contribution in [3.8, 4) is 0 Å². The quantitative estimate of drug-likeness (QED) is 0.662. The molecule has 1 aromatic heterocycles. The zero-order valence-corrected chi connectivity index (χ0v) is 16.4. The van der Waals surface area contributed by atoms with Gasteiger partial charge in [-0.2, -0.15) is 5.10 Å². The highest BCUT2D eigenvalue weighted by atomic mass is 35.5. The smallest absolute Gasteiger partial charge is 0.130 e. The van der Waals surface area contributed by atoms with Crippen LogP contribution >= 0.6 is 11.6 Å². The van der Waals surface area contributed by atoms with Gasteiger partial charge >= 0.3 is 0 Å². The molecular formula is C22H25ClN4. The third-order valence-electron chi connectivity index (χ3n) is 5.31. The molecule has 1 fully saturated rings. The second-order valence-electron chi connectivity index (χ2n) is 7.15. The zero-order valence-electron chi connectivity index (χ0n) is 15.6. The summed E-state index contributed by atoms with van der Waals surface area (Å²) in [4.78, 5) is 5.05. The average Bonchev–Trinajstić information content (AvgIpc) is 3.21. The van der Waals surface area contributed by atoms with Crippen LogP contribution in [0.2, 0.25) is 5.02 Å². The standard InChI is InChI=1S/C22H25ClN4/c1-18-5-2-3-6-21(18)22(27-12-4-11-24-27)26-15-13-25(14-16-26)17-19-7-9-20(23)10-8-19/h2-12,22H,13-17H2,1H3. The molecule has 2 aromatic carbocycles. The molecule has 1 aliphatic heterocycles. The molecule has 3 aromatic rings. The predicted octanol–water partition coefficient (Wildman–Crippen LogP) is 4.21. The van der Waals surface area contributed by atoms with Crippen LogP contribution in [0, 0.1) is 6.92 Å². The molecule has 1 aliphatic rings. The molecule has 1 unspecified atom stereocenters. The van der Waals surface area contributed by atoms with Gasteiger partial charge in [0.1, 0.15) is 6.17 Å². The van der Waals surface area contributed by atoms with Crippen molar-refractivity contribution < 1.29 is 0 Å². The van der Waals surface area contributed by atoms with Gasteiger partial charge in [0.05, 0.1) is 0 Å². The summed E-state index contributed by atoms with van der Waals surface area (Å²) in [5.41, 5.74) is 3.95. The van der Waals surface area contributed by atoms with E-state index < -0.39 is 0 Å². The Morgan fingerprint density at radius 3 is 2.37 bits per heavy atom. The third kappa shape index (κ3) is 4.24. The van der Waals surface area contributed by atoms with Gasteiger partial charge in [-0.25, -0.2) is 0 Å². The van der Waals surface area contributed by atoms with Crippen molar-refractivity contribution in [1.29, 1.82) is 0 Å². The molecule has 0 spiro atoms. The fourth-order valence-corrected chi connectivity index (χ4v) is 3.95. The van der Waals surface area contributed by atoms with Crippen molar-refractivity contribution in [3.05, 3.63) is 88.7 Å². The third-order valence-corrected chi connectivity index (χ3v) is 5.57. The van der Waals surface area contributed by atoms with Gasteiger partial charge in [-0.15, -0.1) is 0 Å². The zero-order chi connectivity index (χ0) is 18.6. The maximum Gasteiger partial charge on any atom is 0.130 e. The molecule has 1 atom stereocenters. The lowest BCUT2D eigenvalue weighted by Crippen LogP contribution is -2.48. The number of hydrogen-bond donors (Lipinski definition) is 0. The first-order chi connectivity index (χ1) is 13.2. The van der Waals surface area contributed by atoms with E-state index in [0.717, 1.165) is 37.7 Å². The van der Waals surface area contributed by atoms with Crippen LogP contribution in [0.15, 0.2) is 67.0 Å². The van der Waals surface area contributed by atoms with Crippen LogP contribution < -0.4 is 0 Å². The van der Waals surface area contributed by atoms with Crippen LogP contribution in [0.4, 0.5) is 0 Å². The lowest BCUT2D eigenvalue weighted by atomic mass is 10.0. The minimum atomic E-state index is 0.152. The molecule has 0 amide bonds. The molecular weight excluding hydrogens is 356 g/mol. The highest BCUT2D eigenvalue weighted by molar-refractivity contribution is 6.30. The van der Waals surface area contributed by atoms with Gasteiger partial charge in [0.2, 0.25) is 0 Å². The number of halogens is 1. The summed E-state index contributed by atoms with van der Waals surface area (Å²) in [5.74, 6) is 0. The summed E-state index contributed by atoms with van der Waals surface area (Å²) in [6.45, 7) is 7.29. The highest BCUT2D eigenvalue weighted by Gasteiger charge is 2.27. The molecule has 4 rings (SSSR count). The Morgan fingerprint density at radius 2 is 1.70 bits per heavy atom. The first-order valence-electron chi connectivity index (χ1n) is 9.46. The first-order valence-corrected chi connectivity index (χ1v) is 9.84. The number of benzene rings is 2. The van der Waals surface area contributed by atoms with Crippen molar-refractivity contribution in [1.82, 2.24) is 19.6 Å². The Hall–Kier alpha value is -2.14. The maximum absolute atomic E-state index is 6.00. The van der Waals surface area contributed by atoms with Gasteiger partial charge in [-0.1, -0.05) is 48.0 Å². The lowest BCUT2D eigenvalue weighted by Gasteiger charge is -2.39. The first kappa shape index (κ1) is 18.2. The minimum Gasteiger partial charge on any atom is -0.297 e. The Balaban J connectivity index is 1.47. The Kier molecular flexibility index (Phi) is 5.58. The van der Waals surface area contributed by atoms with E-state index in [4.69, 9.17) is 11.6 Å². The molecule has 5 heteroatoms. The average molecular weight is 381 g/mol. The second kappa shape index (κ2) is 8.26. The van der Waals surface area contributed by atoms with E-state index in [1.165, 1.54) is 16.7 Å². The van der Waals surface area contributed by atoms with Gasteiger partial charge in [0.25, 0.3) is 0 Å². The van der Waals surface area contributed by atoms with Crippen LogP contribution in [0.1, 0.15) is 22.9 Å². The number of aromatic nitrogens is 2. The van der Waals surface area contributed by atoms with Gasteiger partial charge in [0.15, 0.2) is 0 Å². The summed E-state index contributed by atoms with van der Waals surface area (Å²) >= 11 is 6.00. The van der Waals surface area contributed by atoms with E-state index >= 15 is 0 Å². The molecule has 0 saturated carbocycles. The minimum absolute atomic E-state index is 0.152. The van der Waals surface area contributed by atoms with Crippen molar-refractivity contribution in [2.75, 3.05) is 26.2 Å². The number of rotatable bonds is 5. The highest BCUT2D eigenvalue weighted by Crippen LogP contribution is 2.26. The van der Waals surface area contributed by atoms with E-state index in [9.17, 15) is 0 Å². The Morgan fingerprint density at radius 1 is 0.963 bits per heavy atom. The van der Waals surface area contributed by atoms with Gasteiger partial charge in [0, 0.05) is 50.1 Å². The van der Waals surface area contributed by atoms with Crippen LogP contribution in [0.3, 0.4) is 0 Å². The van der Waals surface area contributed by atoms with Crippen molar-refractivity contribution >= 4 is 11.6 Å². The number of piperazine rings is 1. The van der Waals surface area contributed by atoms with Gasteiger partial charge in [-0.05, 0) is 41.8 Å². The molecule has 0 bridgehead atoms. The molecule has 140 valence electrons. The van der Waals surface area contributed by atoms with E-state index in [0.29, 0.717) is 0 Å². The summed E-state index contributed by atoms with van der Waals surface area (Å²) in [6.07, 6.45) is 4.08. The molecule has 0 N–H and O–H groups in total. The number of aryl methyl sites for hydroxylation is 1. The molecule has 27 heavy (non-hydrogen) atoms. The Bertz CT molecular complexity index is 852. The van der Waals surface area contributed by atoms with E-state index in [1.807, 2.05) is 24.4 Å². The molecule has 4 nitrogen and oxygen atoms in total. The van der Waals surface area contributed by atoms with Crippen LogP contribution in [-0.2, 0) is 6.54 Å². The van der Waals surface area contributed by atoms with Crippen molar-refractivity contribution in [2.24, 2.45) is 0 Å². The van der Waals surface area contributed by atoms with Crippen LogP contribution in [0.5, 0.6) is 0 Å². The number of hydrogen-bond acceptors (Lipinski definition) is 3. The fraction of sp³-hybridized carbons (Fsp3) is 0.318. The normalized spacial score (nSPS) is 17.1. The molecule has 0 aliphatic carbocycles. The summed E-state index contributed by atoms with van der Waals surface area (Å²) in [7, 11) is 0. The number of nitrogens with zero attached hydrogens (tertiary/aromatic N) is 4. The van der Waals surface area contributed by atoms with Crippen molar-refractivity contribution in [3.63, 3.8) is 0 Å².